The second kappa shape index (κ2) is 6.94. The third-order valence-electron chi connectivity index (χ3n) is 4.99. The van der Waals surface area contributed by atoms with Gasteiger partial charge in [0.2, 0.25) is 0 Å². The summed E-state index contributed by atoms with van der Waals surface area (Å²) in [5.74, 6) is 0.0823. The van der Waals surface area contributed by atoms with E-state index in [2.05, 4.69) is 4.98 Å². The Morgan fingerprint density at radius 3 is 2.88 bits per heavy atom. The van der Waals surface area contributed by atoms with E-state index in [9.17, 15) is 4.79 Å². The van der Waals surface area contributed by atoms with Gasteiger partial charge in [0.15, 0.2) is 0 Å². The summed E-state index contributed by atoms with van der Waals surface area (Å²) in [5.41, 5.74) is 1.41. The van der Waals surface area contributed by atoms with Crippen LogP contribution in [0.4, 0.5) is 0 Å². The summed E-state index contributed by atoms with van der Waals surface area (Å²) in [7, 11) is 0. The van der Waals surface area contributed by atoms with Crippen molar-refractivity contribution in [3.8, 4) is 0 Å². The van der Waals surface area contributed by atoms with Crippen molar-refractivity contribution in [2.45, 2.75) is 31.2 Å². The van der Waals surface area contributed by atoms with Crippen LogP contribution in [-0.2, 0) is 16.1 Å². The van der Waals surface area contributed by atoms with E-state index in [1.165, 1.54) is 0 Å². The zero-order chi connectivity index (χ0) is 17.1. The highest BCUT2D eigenvalue weighted by Gasteiger charge is 2.47. The van der Waals surface area contributed by atoms with Gasteiger partial charge < -0.3 is 14.4 Å². The van der Waals surface area contributed by atoms with Gasteiger partial charge in [-0.3, -0.25) is 9.78 Å². The number of nitrogens with zero attached hydrogens (tertiary/aromatic N) is 2. The van der Waals surface area contributed by atoms with Gasteiger partial charge in [-0.05, 0) is 30.7 Å². The fourth-order valence-corrected chi connectivity index (χ4v) is 3.66. The maximum atomic E-state index is 12.6. The van der Waals surface area contributed by atoms with Crippen LogP contribution in [0.5, 0.6) is 0 Å². The van der Waals surface area contributed by atoms with Crippen molar-refractivity contribution in [1.82, 2.24) is 9.88 Å². The first-order valence-corrected chi connectivity index (χ1v) is 8.74. The fourth-order valence-electron chi connectivity index (χ4n) is 3.66. The molecule has 2 aliphatic heterocycles. The molecule has 2 atom stereocenters. The minimum atomic E-state index is -0.251. The number of ether oxygens (including phenoxy) is 2. The van der Waals surface area contributed by atoms with Crippen LogP contribution in [0.1, 0.15) is 28.9 Å². The molecule has 4 rings (SSSR count). The quantitative estimate of drug-likeness (QED) is 0.860. The highest BCUT2D eigenvalue weighted by molar-refractivity contribution is 5.94. The van der Waals surface area contributed by atoms with Gasteiger partial charge in [0.25, 0.3) is 5.91 Å². The minimum Gasteiger partial charge on any atom is -0.370 e. The Morgan fingerprint density at radius 2 is 2.08 bits per heavy atom. The van der Waals surface area contributed by atoms with Crippen LogP contribution in [0.15, 0.2) is 54.7 Å². The smallest absolute Gasteiger partial charge is 0.253 e. The lowest BCUT2D eigenvalue weighted by Crippen LogP contribution is -2.36. The minimum absolute atomic E-state index is 0.0637. The molecule has 1 spiro atoms. The molecule has 2 aliphatic rings. The predicted octanol–water partition coefficient (Wildman–Crippen LogP) is 2.67. The number of aromatic nitrogens is 1. The second-order valence-electron chi connectivity index (χ2n) is 6.79. The third kappa shape index (κ3) is 3.57. The SMILES string of the molecule is O=C(c1ccccc1)N1CC[C@]2(C[C@@H](OCc3ccccn3)CO2)C1. The van der Waals surface area contributed by atoms with Crippen molar-refractivity contribution in [3.63, 3.8) is 0 Å². The average molecular weight is 338 g/mol. The number of hydrogen-bond donors (Lipinski definition) is 0. The number of pyridine rings is 1. The molecule has 0 aliphatic carbocycles. The molecule has 5 nitrogen and oxygen atoms in total. The molecule has 0 saturated carbocycles. The van der Waals surface area contributed by atoms with Crippen LogP contribution in [0.3, 0.4) is 0 Å². The Hall–Kier alpha value is -2.24. The van der Waals surface area contributed by atoms with Crippen molar-refractivity contribution < 1.29 is 14.3 Å². The molecule has 1 aromatic carbocycles. The van der Waals surface area contributed by atoms with Crippen LogP contribution in [0.2, 0.25) is 0 Å². The Balaban J connectivity index is 1.33. The molecule has 130 valence electrons. The van der Waals surface area contributed by atoms with E-state index < -0.39 is 0 Å². The van der Waals surface area contributed by atoms with E-state index in [0.29, 0.717) is 19.8 Å². The highest BCUT2D eigenvalue weighted by Crippen LogP contribution is 2.36. The number of hydrogen-bond acceptors (Lipinski definition) is 4. The molecule has 1 aromatic heterocycles. The molecule has 0 bridgehead atoms. The fraction of sp³-hybridized carbons (Fsp3) is 0.400. The summed E-state index contributed by atoms with van der Waals surface area (Å²) in [5, 5.41) is 0. The van der Waals surface area contributed by atoms with E-state index in [1.54, 1.807) is 6.20 Å². The molecule has 5 heteroatoms. The topological polar surface area (TPSA) is 51.7 Å². The van der Waals surface area contributed by atoms with Gasteiger partial charge >= 0.3 is 0 Å². The zero-order valence-electron chi connectivity index (χ0n) is 14.1. The Bertz CT molecular complexity index is 722. The van der Waals surface area contributed by atoms with Crippen molar-refractivity contribution in [1.29, 1.82) is 0 Å². The maximum Gasteiger partial charge on any atom is 0.253 e. The first-order valence-electron chi connectivity index (χ1n) is 8.74. The Kier molecular flexibility index (Phi) is 4.51. The molecule has 1 amide bonds. The van der Waals surface area contributed by atoms with E-state index in [-0.39, 0.29) is 17.6 Å². The third-order valence-corrected chi connectivity index (χ3v) is 4.99. The number of likely N-dealkylation sites (tertiary alicyclic amines) is 1. The zero-order valence-corrected chi connectivity index (χ0v) is 14.1. The molecule has 2 aromatic rings. The van der Waals surface area contributed by atoms with Crippen molar-refractivity contribution in [2.24, 2.45) is 0 Å². The van der Waals surface area contributed by atoms with Gasteiger partial charge in [0.1, 0.15) is 0 Å². The summed E-state index contributed by atoms with van der Waals surface area (Å²) >= 11 is 0. The van der Waals surface area contributed by atoms with Crippen molar-refractivity contribution >= 4 is 5.91 Å². The van der Waals surface area contributed by atoms with Gasteiger partial charge in [-0.25, -0.2) is 0 Å². The van der Waals surface area contributed by atoms with Crippen LogP contribution in [0.25, 0.3) is 0 Å². The average Bonchev–Trinajstić information content (AvgIpc) is 3.28. The number of benzene rings is 1. The largest absolute Gasteiger partial charge is 0.370 e. The summed E-state index contributed by atoms with van der Waals surface area (Å²) in [4.78, 5) is 18.8. The summed E-state index contributed by atoms with van der Waals surface area (Å²) in [6.45, 7) is 2.46. The second-order valence-corrected chi connectivity index (χ2v) is 6.79. The van der Waals surface area contributed by atoms with Crippen molar-refractivity contribution in [3.05, 3.63) is 66.0 Å². The van der Waals surface area contributed by atoms with Gasteiger partial charge in [-0.15, -0.1) is 0 Å². The standard InChI is InChI=1S/C20H22N2O3/c23-19(16-6-2-1-3-7-16)22-11-9-20(15-22)12-18(14-25-20)24-13-17-8-4-5-10-21-17/h1-8,10,18H,9,11-15H2/t18-,20+/m1/s1. The normalized spacial score (nSPS) is 25.6. The maximum absolute atomic E-state index is 12.6. The van der Waals surface area contributed by atoms with Gasteiger partial charge in [-0.1, -0.05) is 24.3 Å². The lowest BCUT2D eigenvalue weighted by molar-refractivity contribution is -0.000101. The predicted molar refractivity (Wildman–Crippen MR) is 93.1 cm³/mol. The van der Waals surface area contributed by atoms with E-state index in [4.69, 9.17) is 9.47 Å². The van der Waals surface area contributed by atoms with Crippen LogP contribution >= 0.6 is 0 Å². The number of carbonyl (C=O) groups excluding carboxylic acids is 1. The van der Waals surface area contributed by atoms with E-state index in [1.807, 2.05) is 53.4 Å². The Labute approximate surface area is 147 Å². The molecular weight excluding hydrogens is 316 g/mol. The molecule has 2 saturated heterocycles. The number of carbonyl (C=O) groups is 1. The van der Waals surface area contributed by atoms with Crippen LogP contribution in [-0.4, -0.2) is 47.2 Å². The van der Waals surface area contributed by atoms with Gasteiger partial charge in [0, 0.05) is 24.7 Å². The monoisotopic (exact) mass is 338 g/mol. The van der Waals surface area contributed by atoms with Gasteiger partial charge in [-0.2, -0.15) is 0 Å². The first-order chi connectivity index (χ1) is 12.2. The van der Waals surface area contributed by atoms with Crippen LogP contribution < -0.4 is 0 Å². The van der Waals surface area contributed by atoms with Crippen LogP contribution in [0, 0.1) is 0 Å². The number of rotatable bonds is 4. The first kappa shape index (κ1) is 16.2. The lowest BCUT2D eigenvalue weighted by atomic mass is 9.98. The summed E-state index contributed by atoms with van der Waals surface area (Å²) in [6.07, 6.45) is 3.54. The summed E-state index contributed by atoms with van der Waals surface area (Å²) in [6, 6.07) is 15.3. The summed E-state index contributed by atoms with van der Waals surface area (Å²) < 4.78 is 12.0. The highest BCUT2D eigenvalue weighted by atomic mass is 16.6. The molecule has 2 fully saturated rings. The molecule has 25 heavy (non-hydrogen) atoms. The Morgan fingerprint density at radius 1 is 1.24 bits per heavy atom. The number of amides is 1. The van der Waals surface area contributed by atoms with E-state index in [0.717, 1.165) is 30.6 Å². The van der Waals surface area contributed by atoms with Crippen molar-refractivity contribution in [2.75, 3.05) is 19.7 Å². The molecular formula is C20H22N2O3. The van der Waals surface area contributed by atoms with Gasteiger partial charge in [0.05, 0.1) is 37.2 Å². The molecule has 3 heterocycles. The molecule has 0 unspecified atom stereocenters. The lowest BCUT2D eigenvalue weighted by Gasteiger charge is -2.23. The van der Waals surface area contributed by atoms with E-state index >= 15 is 0 Å². The molecule has 0 N–H and O–H groups in total. The molecule has 0 radical (unpaired) electrons.